The SMILES string of the molecule is Cc1ccnc(N/C=C(/NC(=O)c2ccccc2)C(=O)N/N=C/N(C)C)n1. The number of nitrogens with one attached hydrogen (secondary N) is 3. The van der Waals surface area contributed by atoms with Crippen molar-refractivity contribution in [1.29, 1.82) is 0 Å². The van der Waals surface area contributed by atoms with E-state index in [0.29, 0.717) is 11.5 Å². The van der Waals surface area contributed by atoms with Crippen LogP contribution in [0, 0.1) is 6.92 Å². The van der Waals surface area contributed by atoms with Crippen molar-refractivity contribution in [3.05, 3.63) is 65.7 Å². The molecule has 2 rings (SSSR count). The molecule has 0 aliphatic rings. The number of amides is 2. The molecular weight excluding hydrogens is 346 g/mol. The maximum absolute atomic E-state index is 12.4. The number of benzene rings is 1. The number of rotatable bonds is 7. The molecule has 2 aromatic rings. The number of carbonyl (C=O) groups excluding carboxylic acids is 2. The fourth-order valence-electron chi connectivity index (χ4n) is 1.86. The van der Waals surface area contributed by atoms with E-state index < -0.39 is 11.8 Å². The van der Waals surface area contributed by atoms with Crippen LogP contribution in [0.15, 0.2) is 59.6 Å². The minimum atomic E-state index is -0.600. The van der Waals surface area contributed by atoms with E-state index in [1.165, 1.54) is 12.5 Å². The predicted molar refractivity (Wildman–Crippen MR) is 103 cm³/mol. The number of hydrazone groups is 1. The lowest BCUT2D eigenvalue weighted by Gasteiger charge is -2.10. The normalized spacial score (nSPS) is 11.1. The van der Waals surface area contributed by atoms with E-state index in [0.717, 1.165) is 5.69 Å². The molecule has 0 spiro atoms. The molecule has 0 aliphatic carbocycles. The Labute approximate surface area is 157 Å². The molecule has 0 atom stereocenters. The minimum absolute atomic E-state index is 0.0372. The van der Waals surface area contributed by atoms with Gasteiger partial charge in [-0.3, -0.25) is 9.59 Å². The van der Waals surface area contributed by atoms with Crippen molar-refractivity contribution in [3.8, 4) is 0 Å². The second kappa shape index (κ2) is 9.66. The first-order valence-electron chi connectivity index (χ1n) is 8.08. The molecule has 0 radical (unpaired) electrons. The van der Waals surface area contributed by atoms with E-state index in [1.807, 2.05) is 6.92 Å². The van der Waals surface area contributed by atoms with Crippen LogP contribution in [0.2, 0.25) is 0 Å². The van der Waals surface area contributed by atoms with Crippen LogP contribution in [-0.4, -0.2) is 47.1 Å². The third kappa shape index (κ3) is 6.58. The van der Waals surface area contributed by atoms with Crippen LogP contribution in [0.5, 0.6) is 0 Å². The number of hydrogen-bond acceptors (Lipinski definition) is 6. The smallest absolute Gasteiger partial charge is 0.289 e. The summed E-state index contributed by atoms with van der Waals surface area (Å²) in [6.45, 7) is 1.82. The summed E-state index contributed by atoms with van der Waals surface area (Å²) in [7, 11) is 3.53. The highest BCUT2D eigenvalue weighted by Crippen LogP contribution is 2.03. The summed E-state index contributed by atoms with van der Waals surface area (Å²) < 4.78 is 0. The Morgan fingerprint density at radius 3 is 2.56 bits per heavy atom. The molecule has 0 saturated carbocycles. The van der Waals surface area contributed by atoms with Gasteiger partial charge in [0.05, 0.1) is 0 Å². The van der Waals surface area contributed by atoms with Crippen molar-refractivity contribution in [2.45, 2.75) is 6.92 Å². The van der Waals surface area contributed by atoms with E-state index >= 15 is 0 Å². The van der Waals surface area contributed by atoms with E-state index in [-0.39, 0.29) is 5.70 Å². The first-order valence-corrected chi connectivity index (χ1v) is 8.08. The lowest BCUT2D eigenvalue weighted by atomic mass is 10.2. The van der Waals surface area contributed by atoms with Gasteiger partial charge in [-0.2, -0.15) is 5.10 Å². The van der Waals surface area contributed by atoms with Gasteiger partial charge in [-0.1, -0.05) is 18.2 Å². The molecular formula is C18H21N7O2. The average molecular weight is 367 g/mol. The molecule has 1 heterocycles. The predicted octanol–water partition coefficient (Wildman–Crippen LogP) is 1.09. The van der Waals surface area contributed by atoms with Gasteiger partial charge in [0.15, 0.2) is 0 Å². The third-order valence-electron chi connectivity index (χ3n) is 3.12. The van der Waals surface area contributed by atoms with Crippen LogP contribution in [0.1, 0.15) is 16.1 Å². The summed E-state index contributed by atoms with van der Waals surface area (Å²) >= 11 is 0. The van der Waals surface area contributed by atoms with Gasteiger partial charge in [0.25, 0.3) is 11.8 Å². The zero-order chi connectivity index (χ0) is 19.6. The molecule has 3 N–H and O–H groups in total. The summed E-state index contributed by atoms with van der Waals surface area (Å²) in [5.41, 5.74) is 3.48. The number of aromatic nitrogens is 2. The summed E-state index contributed by atoms with van der Waals surface area (Å²) in [6.07, 6.45) is 4.32. The standard InChI is InChI=1S/C18H21N7O2/c1-13-9-10-19-18(22-13)20-11-15(17(27)24-21-12-25(2)3)23-16(26)14-7-5-4-6-8-14/h4-12H,1-3H3,(H,23,26)(H,24,27)(H,19,20,22)/b15-11+,21-12+. The highest BCUT2D eigenvalue weighted by atomic mass is 16.2. The summed E-state index contributed by atoms with van der Waals surface area (Å²) in [6, 6.07) is 10.3. The summed E-state index contributed by atoms with van der Waals surface area (Å²) in [5, 5.41) is 9.15. The molecule has 27 heavy (non-hydrogen) atoms. The first kappa shape index (κ1) is 19.6. The van der Waals surface area contributed by atoms with Crippen molar-refractivity contribution in [1.82, 2.24) is 25.6 Å². The van der Waals surface area contributed by atoms with Gasteiger partial charge >= 0.3 is 0 Å². The largest absolute Gasteiger partial charge is 0.367 e. The molecule has 0 fully saturated rings. The molecule has 1 aromatic carbocycles. The number of aryl methyl sites for hydroxylation is 1. The van der Waals surface area contributed by atoms with Crippen LogP contribution >= 0.6 is 0 Å². The zero-order valence-electron chi connectivity index (χ0n) is 15.3. The van der Waals surface area contributed by atoms with Crippen LogP contribution in [-0.2, 0) is 4.79 Å². The maximum Gasteiger partial charge on any atom is 0.289 e. The van der Waals surface area contributed by atoms with Crippen molar-refractivity contribution in [2.75, 3.05) is 19.4 Å². The monoisotopic (exact) mass is 367 g/mol. The molecule has 2 amide bonds. The van der Waals surface area contributed by atoms with Gasteiger partial charge in [-0.25, -0.2) is 15.4 Å². The fraction of sp³-hybridized carbons (Fsp3) is 0.167. The van der Waals surface area contributed by atoms with E-state index in [4.69, 9.17) is 0 Å². The van der Waals surface area contributed by atoms with Crippen LogP contribution in [0.3, 0.4) is 0 Å². The Morgan fingerprint density at radius 2 is 1.89 bits per heavy atom. The first-order chi connectivity index (χ1) is 13.0. The van der Waals surface area contributed by atoms with E-state index in [2.05, 4.69) is 31.1 Å². The summed E-state index contributed by atoms with van der Waals surface area (Å²) in [4.78, 5) is 34.6. The highest BCUT2D eigenvalue weighted by Gasteiger charge is 2.14. The number of hydrogen-bond donors (Lipinski definition) is 3. The second-order valence-corrected chi connectivity index (χ2v) is 5.69. The van der Waals surface area contributed by atoms with Crippen molar-refractivity contribution in [3.63, 3.8) is 0 Å². The lowest BCUT2D eigenvalue weighted by molar-refractivity contribution is -0.117. The Bertz CT molecular complexity index is 848. The van der Waals surface area contributed by atoms with Crippen molar-refractivity contribution < 1.29 is 9.59 Å². The average Bonchev–Trinajstić information content (AvgIpc) is 2.65. The van der Waals surface area contributed by atoms with Gasteiger partial charge < -0.3 is 15.5 Å². The molecule has 140 valence electrons. The molecule has 1 aromatic heterocycles. The number of nitrogens with zero attached hydrogens (tertiary/aromatic N) is 4. The highest BCUT2D eigenvalue weighted by molar-refractivity contribution is 6.02. The molecule has 9 nitrogen and oxygen atoms in total. The molecule has 0 saturated heterocycles. The van der Waals surface area contributed by atoms with Gasteiger partial charge in [0.1, 0.15) is 12.0 Å². The topological polar surface area (TPSA) is 112 Å². The number of anilines is 1. The van der Waals surface area contributed by atoms with Crippen molar-refractivity contribution in [2.24, 2.45) is 5.10 Å². The Hall–Kier alpha value is -3.75. The van der Waals surface area contributed by atoms with Gasteiger partial charge in [0, 0.05) is 37.7 Å². The van der Waals surface area contributed by atoms with Crippen LogP contribution in [0.25, 0.3) is 0 Å². The second-order valence-electron chi connectivity index (χ2n) is 5.69. The molecule has 0 bridgehead atoms. The van der Waals surface area contributed by atoms with Crippen molar-refractivity contribution >= 4 is 24.1 Å². The lowest BCUT2D eigenvalue weighted by Crippen LogP contribution is -2.33. The van der Waals surface area contributed by atoms with Crippen LogP contribution < -0.4 is 16.1 Å². The minimum Gasteiger partial charge on any atom is -0.367 e. The Kier molecular flexibility index (Phi) is 7.00. The van der Waals surface area contributed by atoms with Gasteiger partial charge in [-0.05, 0) is 25.1 Å². The number of carbonyl (C=O) groups is 2. The summed E-state index contributed by atoms with van der Waals surface area (Å²) in [5.74, 6) is -0.732. The fourth-order valence-corrected chi connectivity index (χ4v) is 1.86. The molecule has 0 aliphatic heterocycles. The molecule has 0 unspecified atom stereocenters. The Morgan fingerprint density at radius 1 is 1.15 bits per heavy atom. The molecule has 9 heteroatoms. The third-order valence-corrected chi connectivity index (χ3v) is 3.12. The van der Waals surface area contributed by atoms with Crippen LogP contribution in [0.4, 0.5) is 5.95 Å². The zero-order valence-corrected chi connectivity index (χ0v) is 15.3. The quantitative estimate of drug-likeness (QED) is 0.292. The van der Waals surface area contributed by atoms with Gasteiger partial charge in [-0.15, -0.1) is 0 Å². The maximum atomic E-state index is 12.4. The Balaban J connectivity index is 2.17. The van der Waals surface area contributed by atoms with E-state index in [9.17, 15) is 9.59 Å². The van der Waals surface area contributed by atoms with Gasteiger partial charge in [0.2, 0.25) is 5.95 Å². The van der Waals surface area contributed by atoms with E-state index in [1.54, 1.807) is 61.6 Å².